The van der Waals surface area contributed by atoms with Crippen molar-refractivity contribution in [2.24, 2.45) is 29.1 Å². The monoisotopic (exact) mass is 797 g/mol. The molecule has 0 aromatic rings. The summed E-state index contributed by atoms with van der Waals surface area (Å²) < 4.78 is 51.5. The van der Waals surface area contributed by atoms with Gasteiger partial charge in [-0.3, -0.25) is 9.59 Å². The highest BCUT2D eigenvalue weighted by Gasteiger charge is 2.57. The van der Waals surface area contributed by atoms with E-state index in [1.807, 2.05) is 53.6 Å². The highest BCUT2D eigenvalue weighted by molar-refractivity contribution is 5.82. The fourth-order valence-electron chi connectivity index (χ4n) is 10.9. The van der Waals surface area contributed by atoms with Crippen LogP contribution >= 0.6 is 0 Å². The molecule has 4 saturated heterocycles. The van der Waals surface area contributed by atoms with E-state index >= 15 is 0 Å². The molecule has 1 N–H and O–H groups in total. The minimum absolute atomic E-state index is 0.0148. The van der Waals surface area contributed by atoms with Crippen LogP contribution in [0.5, 0.6) is 0 Å². The lowest BCUT2D eigenvalue weighted by Crippen LogP contribution is -2.63. The van der Waals surface area contributed by atoms with Gasteiger partial charge >= 0.3 is 12.1 Å². The minimum Gasteiger partial charge on any atom is -0.461 e. The molecule has 4 aliphatic heterocycles. The summed E-state index contributed by atoms with van der Waals surface area (Å²) in [7, 11) is 7.48. The number of carbonyl (C=O) groups excluding carboxylic acids is 3. The molecular formula is C42H72N2O12. The maximum absolute atomic E-state index is 14.7. The molecule has 4 heterocycles. The number of fused-ring (bicyclic) bond motifs is 3. The fraction of sp³-hybridized carbons (Fsp3) is 0.929. The Morgan fingerprint density at radius 3 is 2.27 bits per heavy atom. The molecular weight excluding hydrogens is 724 g/mol. The fourth-order valence-corrected chi connectivity index (χ4v) is 10.9. The molecule has 1 saturated carbocycles. The van der Waals surface area contributed by atoms with Crippen molar-refractivity contribution in [3.63, 3.8) is 0 Å². The molecule has 0 amide bonds. The van der Waals surface area contributed by atoms with E-state index in [0.29, 0.717) is 38.6 Å². The van der Waals surface area contributed by atoms with Gasteiger partial charge in [-0.15, -0.1) is 0 Å². The number of rotatable bonds is 5. The summed E-state index contributed by atoms with van der Waals surface area (Å²) in [5.74, 6) is -1.89. The lowest BCUT2D eigenvalue weighted by atomic mass is 9.70. The number of hydrogen-bond acceptors (Lipinski definition) is 14. The van der Waals surface area contributed by atoms with Gasteiger partial charge in [0.1, 0.15) is 29.7 Å². The van der Waals surface area contributed by atoms with E-state index in [0.717, 1.165) is 0 Å². The Bertz CT molecular complexity index is 1400. The van der Waals surface area contributed by atoms with Crippen LogP contribution in [0.2, 0.25) is 0 Å². The third kappa shape index (κ3) is 8.97. The van der Waals surface area contributed by atoms with Gasteiger partial charge in [0.2, 0.25) is 0 Å². The molecule has 0 radical (unpaired) electrons. The first-order chi connectivity index (χ1) is 26.1. The van der Waals surface area contributed by atoms with Crippen molar-refractivity contribution < 1.29 is 57.4 Å². The Morgan fingerprint density at radius 1 is 0.964 bits per heavy atom. The average Bonchev–Trinajstić information content (AvgIpc) is 3.43. The molecule has 5 rings (SSSR count). The third-order valence-corrected chi connectivity index (χ3v) is 14.2. The molecule has 56 heavy (non-hydrogen) atoms. The van der Waals surface area contributed by atoms with Crippen LogP contribution in [0, 0.1) is 29.1 Å². The second-order valence-corrected chi connectivity index (χ2v) is 18.9. The lowest BCUT2D eigenvalue weighted by Gasteiger charge is -2.51. The van der Waals surface area contributed by atoms with Crippen LogP contribution in [-0.4, -0.2) is 146 Å². The average molecular weight is 797 g/mol. The summed E-state index contributed by atoms with van der Waals surface area (Å²) in [6, 6.07) is -0.221. The lowest BCUT2D eigenvalue weighted by molar-refractivity contribution is -0.328. The number of hydrogen-bond donors (Lipinski definition) is 1. The first-order valence-electron chi connectivity index (χ1n) is 20.9. The number of nitrogens with zero attached hydrogens (tertiary/aromatic N) is 2. The number of cyclic esters (lactones) is 1. The zero-order valence-electron chi connectivity index (χ0n) is 36.4. The smallest absolute Gasteiger partial charge is 0.461 e. The van der Waals surface area contributed by atoms with Crippen molar-refractivity contribution in [1.29, 1.82) is 0 Å². The van der Waals surface area contributed by atoms with Crippen molar-refractivity contribution in [2.45, 2.75) is 186 Å². The Kier molecular flexibility index (Phi) is 14.0. The molecule has 0 bridgehead atoms. The minimum atomic E-state index is -1.28. The maximum Gasteiger partial charge on any atom is 0.509 e. The molecule has 0 unspecified atom stereocenters. The normalized spacial score (nSPS) is 48.9. The van der Waals surface area contributed by atoms with Crippen LogP contribution in [0.1, 0.15) is 108 Å². The predicted molar refractivity (Wildman–Crippen MR) is 207 cm³/mol. The van der Waals surface area contributed by atoms with Gasteiger partial charge in [-0.05, 0) is 93.8 Å². The number of Topliss-reactive ketones (excluding diaryl/α,β-unsaturated/α-hetero) is 1. The zero-order valence-corrected chi connectivity index (χ0v) is 36.4. The summed E-state index contributed by atoms with van der Waals surface area (Å²) in [5, 5.41) is 11.0. The standard InChI is InChI=1S/C42H72N2O12/c1-15-31-40(8)19-28(45)17-29(40)26(6)44(13)21-22(2)18-42(10)36(55-38-34(54-39(48)56-42)30(43(11)12)16-23(3)50-38)24(4)33(25(5)37(47)52-31)53-32-20-41(9,49-14)35(46)27(7)51-32/h22-27,29-36,38,46H,15-21H2,1-14H3/t22-,23-,24+,25-,26-,27+,29-,30+,31-,32+,33+,34-,35+,36-,38+,40+,41-,42-/m1/s1. The van der Waals surface area contributed by atoms with Crippen molar-refractivity contribution in [2.75, 3.05) is 34.8 Å². The van der Waals surface area contributed by atoms with Gasteiger partial charge in [0.25, 0.3) is 0 Å². The van der Waals surface area contributed by atoms with Gasteiger partial charge in [0.05, 0.1) is 35.9 Å². The number of ether oxygens (including phenoxy) is 8. The molecule has 322 valence electrons. The van der Waals surface area contributed by atoms with E-state index in [4.69, 9.17) is 37.9 Å². The van der Waals surface area contributed by atoms with Gasteiger partial charge in [-0.1, -0.05) is 27.7 Å². The summed E-state index contributed by atoms with van der Waals surface area (Å²) in [6.45, 7) is 20.1. The van der Waals surface area contributed by atoms with Gasteiger partial charge in [-0.2, -0.15) is 0 Å². The Hall–Kier alpha value is -1.91. The number of methoxy groups -OCH3 is 1. The van der Waals surface area contributed by atoms with Gasteiger partial charge in [0, 0.05) is 50.3 Å². The summed E-state index contributed by atoms with van der Waals surface area (Å²) in [4.78, 5) is 46.1. The topological polar surface area (TPSA) is 152 Å². The second-order valence-electron chi connectivity index (χ2n) is 18.9. The van der Waals surface area contributed by atoms with E-state index in [2.05, 4.69) is 32.7 Å². The Balaban J connectivity index is 1.64. The van der Waals surface area contributed by atoms with E-state index in [9.17, 15) is 19.5 Å². The highest BCUT2D eigenvalue weighted by Crippen LogP contribution is 2.50. The molecule has 5 fully saturated rings. The van der Waals surface area contributed by atoms with Crippen LogP contribution in [0.15, 0.2) is 0 Å². The SMILES string of the molecule is CC[C@H]1OC(=O)[C@H](C)[C@@H](O[C@H]2C[C@@](C)(OC)[C@@H](O)[C@H](C)O2)[C@H](C)[C@H]2O[C@@H]3O[C@H](C)C[C@H](N(C)C)[C@H]3OC(=O)O[C@]2(C)C[C@@H](C)CN(C)[C@H](C)[C@H]2CC(=O)C[C@@]21C. The van der Waals surface area contributed by atoms with E-state index < -0.39 is 89.8 Å². The van der Waals surface area contributed by atoms with E-state index in [1.54, 1.807) is 21.0 Å². The maximum atomic E-state index is 14.7. The summed E-state index contributed by atoms with van der Waals surface area (Å²) in [6.07, 6.45) is -5.01. The molecule has 14 heteroatoms. The quantitative estimate of drug-likeness (QED) is 0.374. The summed E-state index contributed by atoms with van der Waals surface area (Å²) in [5.41, 5.74) is -2.86. The van der Waals surface area contributed by atoms with Gasteiger partial charge in [0.15, 0.2) is 18.7 Å². The van der Waals surface area contributed by atoms with Crippen molar-refractivity contribution in [1.82, 2.24) is 9.80 Å². The summed E-state index contributed by atoms with van der Waals surface area (Å²) >= 11 is 0. The van der Waals surface area contributed by atoms with Crippen LogP contribution in [0.25, 0.3) is 0 Å². The molecule has 1 aliphatic carbocycles. The molecule has 0 spiro atoms. The molecule has 14 nitrogen and oxygen atoms in total. The van der Waals surface area contributed by atoms with Crippen LogP contribution in [-0.2, 0) is 47.5 Å². The highest BCUT2D eigenvalue weighted by atomic mass is 16.8. The number of aliphatic hydroxyl groups excluding tert-OH is 1. The number of carbonyl (C=O) groups is 3. The van der Waals surface area contributed by atoms with Crippen molar-refractivity contribution in [3.05, 3.63) is 0 Å². The van der Waals surface area contributed by atoms with Crippen LogP contribution < -0.4 is 0 Å². The predicted octanol–water partition coefficient (Wildman–Crippen LogP) is 4.96. The number of likely N-dealkylation sites (N-methyl/N-ethyl adjacent to an activating group) is 1. The van der Waals surface area contributed by atoms with Crippen molar-refractivity contribution >= 4 is 17.9 Å². The molecule has 18 atom stereocenters. The number of ketones is 1. The first kappa shape index (κ1) is 45.2. The van der Waals surface area contributed by atoms with Gasteiger partial charge < -0.3 is 52.8 Å². The number of esters is 1. The van der Waals surface area contributed by atoms with E-state index in [-0.39, 0.29) is 42.2 Å². The number of aliphatic hydroxyl groups is 1. The first-order valence-corrected chi connectivity index (χ1v) is 20.9. The van der Waals surface area contributed by atoms with Crippen LogP contribution in [0.4, 0.5) is 4.79 Å². The van der Waals surface area contributed by atoms with Crippen LogP contribution in [0.3, 0.4) is 0 Å². The largest absolute Gasteiger partial charge is 0.509 e. The molecule has 5 aliphatic rings. The second kappa shape index (κ2) is 17.4. The van der Waals surface area contributed by atoms with Crippen molar-refractivity contribution in [3.8, 4) is 0 Å². The van der Waals surface area contributed by atoms with Gasteiger partial charge in [-0.25, -0.2) is 4.79 Å². The Labute approximate surface area is 334 Å². The zero-order chi connectivity index (χ0) is 41.7. The molecule has 0 aromatic heterocycles. The molecule has 0 aromatic carbocycles. The third-order valence-electron chi connectivity index (χ3n) is 14.2. The Morgan fingerprint density at radius 2 is 1.64 bits per heavy atom. The van der Waals surface area contributed by atoms with E-state index in [1.165, 1.54) is 0 Å².